The minimum absolute atomic E-state index is 0.00162. The molecule has 1 unspecified atom stereocenters. The molecule has 2 amide bonds. The summed E-state index contributed by atoms with van der Waals surface area (Å²) >= 11 is 0. The van der Waals surface area contributed by atoms with Gasteiger partial charge in [-0.25, -0.2) is 0 Å². The molecule has 0 bridgehead atoms. The molecule has 0 aromatic heterocycles. The Bertz CT molecular complexity index is 761. The maximum absolute atomic E-state index is 13.3. The van der Waals surface area contributed by atoms with Gasteiger partial charge in [0.25, 0.3) is 0 Å². The van der Waals surface area contributed by atoms with E-state index in [4.69, 9.17) is 5.73 Å². The molecule has 34 heavy (non-hydrogen) atoms. The first-order valence-electron chi connectivity index (χ1n) is 13.4. The fourth-order valence-electron chi connectivity index (χ4n) is 5.75. The first-order valence-corrected chi connectivity index (χ1v) is 13.4. The molecule has 190 valence electrons. The summed E-state index contributed by atoms with van der Waals surface area (Å²) in [6.45, 7) is 10.2. The molecule has 6 nitrogen and oxygen atoms in total. The average molecular weight is 471 g/mol. The number of nitrogens with one attached hydrogen (secondary N) is 1. The van der Waals surface area contributed by atoms with E-state index in [1.54, 1.807) is 11.8 Å². The fraction of sp³-hybridized carbons (Fsp3) is 0.714. The summed E-state index contributed by atoms with van der Waals surface area (Å²) in [5, 5.41) is 3.22. The van der Waals surface area contributed by atoms with Crippen LogP contribution < -0.4 is 11.1 Å². The highest BCUT2D eigenvalue weighted by Gasteiger charge is 2.37. The first kappa shape index (κ1) is 26.7. The third-order valence-corrected chi connectivity index (χ3v) is 7.79. The van der Waals surface area contributed by atoms with Crippen LogP contribution in [0.25, 0.3) is 0 Å². The van der Waals surface area contributed by atoms with Crippen molar-refractivity contribution >= 4 is 11.8 Å². The summed E-state index contributed by atoms with van der Waals surface area (Å²) in [7, 11) is 0. The van der Waals surface area contributed by atoms with E-state index in [2.05, 4.69) is 54.4 Å². The molecular weight excluding hydrogens is 424 g/mol. The Labute approximate surface area is 206 Å². The predicted molar refractivity (Wildman–Crippen MR) is 138 cm³/mol. The van der Waals surface area contributed by atoms with Crippen LogP contribution in [0.4, 0.5) is 0 Å². The maximum Gasteiger partial charge on any atom is 0.242 e. The second kappa shape index (κ2) is 13.2. The maximum atomic E-state index is 13.3. The number of amides is 2. The van der Waals surface area contributed by atoms with Crippen LogP contribution in [0.1, 0.15) is 64.9 Å². The third kappa shape index (κ3) is 7.81. The number of hydrogen-bond donors (Lipinski definition) is 2. The first-order chi connectivity index (χ1) is 16.4. The van der Waals surface area contributed by atoms with Crippen molar-refractivity contribution in [1.29, 1.82) is 0 Å². The van der Waals surface area contributed by atoms with Crippen LogP contribution in [0, 0.1) is 17.8 Å². The van der Waals surface area contributed by atoms with Crippen molar-refractivity contribution in [3.63, 3.8) is 0 Å². The minimum Gasteiger partial charge on any atom is -0.354 e. The van der Waals surface area contributed by atoms with Crippen LogP contribution in [-0.2, 0) is 16.0 Å². The van der Waals surface area contributed by atoms with Crippen LogP contribution in [0.15, 0.2) is 30.3 Å². The summed E-state index contributed by atoms with van der Waals surface area (Å²) in [6.07, 6.45) is 7.23. The van der Waals surface area contributed by atoms with Crippen LogP contribution >= 0.6 is 0 Å². The standard InChI is InChI=1S/C28H46N4O2/c1-21(2)20-31(15-13-23-7-5-4-6-8-23)26-14-16-32(22(3)33)27(17-26)28(34)30-19-25-11-9-24(18-29)10-12-25/h4-8,21,24-27H,9-20,29H2,1-3H3,(H,30,34)/t24?,25?,26?,27-/m1/s1. The zero-order chi connectivity index (χ0) is 24.5. The zero-order valence-corrected chi connectivity index (χ0v) is 21.5. The highest BCUT2D eigenvalue weighted by molar-refractivity contribution is 5.87. The van der Waals surface area contributed by atoms with E-state index in [0.29, 0.717) is 43.3 Å². The van der Waals surface area contributed by atoms with Crippen molar-refractivity contribution in [3.8, 4) is 0 Å². The van der Waals surface area contributed by atoms with E-state index in [9.17, 15) is 9.59 Å². The topological polar surface area (TPSA) is 78.7 Å². The molecule has 0 spiro atoms. The monoisotopic (exact) mass is 470 g/mol. The van der Waals surface area contributed by atoms with Gasteiger partial charge in [-0.3, -0.25) is 14.5 Å². The van der Waals surface area contributed by atoms with E-state index >= 15 is 0 Å². The normalized spacial score (nSPS) is 25.5. The Morgan fingerprint density at radius 1 is 1.09 bits per heavy atom. The van der Waals surface area contributed by atoms with Gasteiger partial charge in [-0.15, -0.1) is 0 Å². The van der Waals surface area contributed by atoms with E-state index in [1.807, 2.05) is 0 Å². The van der Waals surface area contributed by atoms with Crippen LogP contribution in [0.3, 0.4) is 0 Å². The SMILES string of the molecule is CC(=O)N1CCC(N(CCc2ccccc2)CC(C)C)C[C@@H]1C(=O)NCC1CCC(CN)CC1. The lowest BCUT2D eigenvalue weighted by Gasteiger charge is -2.43. The number of piperidine rings is 1. The van der Waals surface area contributed by atoms with E-state index in [0.717, 1.165) is 58.2 Å². The van der Waals surface area contributed by atoms with Crippen molar-refractivity contribution < 1.29 is 9.59 Å². The summed E-state index contributed by atoms with van der Waals surface area (Å²) in [5.74, 6) is 1.75. The van der Waals surface area contributed by atoms with Crippen molar-refractivity contribution in [2.75, 3.05) is 32.7 Å². The highest BCUT2D eigenvalue weighted by atomic mass is 16.2. The largest absolute Gasteiger partial charge is 0.354 e. The van der Waals surface area contributed by atoms with Gasteiger partial charge in [0.2, 0.25) is 11.8 Å². The summed E-state index contributed by atoms with van der Waals surface area (Å²) < 4.78 is 0. The molecule has 1 aliphatic carbocycles. The Morgan fingerprint density at radius 3 is 2.38 bits per heavy atom. The van der Waals surface area contributed by atoms with Gasteiger partial charge in [-0.05, 0) is 74.8 Å². The number of rotatable bonds is 10. The van der Waals surface area contributed by atoms with Gasteiger partial charge in [0.15, 0.2) is 0 Å². The fourth-order valence-corrected chi connectivity index (χ4v) is 5.75. The summed E-state index contributed by atoms with van der Waals surface area (Å²) in [6, 6.07) is 10.6. The van der Waals surface area contributed by atoms with Crippen LogP contribution in [-0.4, -0.2) is 66.4 Å². The molecule has 1 saturated heterocycles. The number of nitrogens with two attached hydrogens (primary N) is 1. The Balaban J connectivity index is 1.61. The smallest absolute Gasteiger partial charge is 0.242 e. The zero-order valence-electron chi connectivity index (χ0n) is 21.5. The lowest BCUT2D eigenvalue weighted by atomic mass is 9.82. The van der Waals surface area contributed by atoms with Crippen molar-refractivity contribution in [1.82, 2.24) is 15.1 Å². The third-order valence-electron chi connectivity index (χ3n) is 7.79. The molecule has 1 heterocycles. The molecule has 0 radical (unpaired) electrons. The molecule has 3 N–H and O–H groups in total. The van der Waals surface area contributed by atoms with Gasteiger partial charge in [0.05, 0.1) is 0 Å². The van der Waals surface area contributed by atoms with Gasteiger partial charge in [-0.2, -0.15) is 0 Å². The van der Waals surface area contributed by atoms with Crippen molar-refractivity contribution in [2.24, 2.45) is 23.5 Å². The van der Waals surface area contributed by atoms with Gasteiger partial charge < -0.3 is 16.0 Å². The number of likely N-dealkylation sites (tertiary alicyclic amines) is 1. The molecule has 6 heteroatoms. The quantitative estimate of drug-likeness (QED) is 0.549. The van der Waals surface area contributed by atoms with Gasteiger partial charge in [0.1, 0.15) is 6.04 Å². The van der Waals surface area contributed by atoms with Gasteiger partial charge in [-0.1, -0.05) is 44.2 Å². The average Bonchev–Trinajstić information content (AvgIpc) is 2.85. The van der Waals surface area contributed by atoms with Crippen molar-refractivity contribution in [2.45, 2.75) is 77.8 Å². The lowest BCUT2D eigenvalue weighted by molar-refractivity contribution is -0.142. The molecule has 2 atom stereocenters. The number of carbonyl (C=O) groups excluding carboxylic acids is 2. The molecule has 1 aliphatic heterocycles. The second-order valence-corrected chi connectivity index (χ2v) is 10.9. The van der Waals surface area contributed by atoms with Crippen molar-refractivity contribution in [3.05, 3.63) is 35.9 Å². The van der Waals surface area contributed by atoms with Crippen LogP contribution in [0.2, 0.25) is 0 Å². The molecule has 1 aromatic carbocycles. The molecule has 2 aliphatic rings. The molecule has 3 rings (SSSR count). The Morgan fingerprint density at radius 2 is 1.76 bits per heavy atom. The second-order valence-electron chi connectivity index (χ2n) is 10.9. The summed E-state index contributed by atoms with van der Waals surface area (Å²) in [4.78, 5) is 30.0. The number of hydrogen-bond acceptors (Lipinski definition) is 4. The number of benzene rings is 1. The molecule has 1 saturated carbocycles. The van der Waals surface area contributed by atoms with Gasteiger partial charge >= 0.3 is 0 Å². The summed E-state index contributed by atoms with van der Waals surface area (Å²) in [5.41, 5.74) is 7.17. The predicted octanol–water partition coefficient (Wildman–Crippen LogP) is 3.45. The lowest BCUT2D eigenvalue weighted by Crippen LogP contribution is -2.57. The van der Waals surface area contributed by atoms with Gasteiger partial charge in [0, 0.05) is 39.1 Å². The minimum atomic E-state index is -0.372. The van der Waals surface area contributed by atoms with E-state index < -0.39 is 0 Å². The number of nitrogens with zero attached hydrogens (tertiary/aromatic N) is 2. The van der Waals surface area contributed by atoms with Crippen LogP contribution in [0.5, 0.6) is 0 Å². The highest BCUT2D eigenvalue weighted by Crippen LogP contribution is 2.28. The molecule has 1 aromatic rings. The molecular formula is C28H46N4O2. The number of carbonyl (C=O) groups is 2. The molecule has 2 fully saturated rings. The Hall–Kier alpha value is -1.92. The van der Waals surface area contributed by atoms with E-state index in [-0.39, 0.29) is 17.9 Å². The Kier molecular flexibility index (Phi) is 10.4. The van der Waals surface area contributed by atoms with E-state index in [1.165, 1.54) is 5.56 Å².